The van der Waals surface area contributed by atoms with E-state index in [1.165, 1.54) is 0 Å². The zero-order valence-electron chi connectivity index (χ0n) is 13.2. The molecule has 0 bridgehead atoms. The van der Waals surface area contributed by atoms with Gasteiger partial charge >= 0.3 is 0 Å². The highest BCUT2D eigenvalue weighted by Gasteiger charge is 2.29. The second-order valence-electron chi connectivity index (χ2n) is 5.24. The van der Waals surface area contributed by atoms with Crippen molar-refractivity contribution in [3.63, 3.8) is 0 Å². The van der Waals surface area contributed by atoms with Crippen LogP contribution in [-0.2, 0) is 0 Å². The number of nitrogens with one attached hydrogen (secondary N) is 1. The summed E-state index contributed by atoms with van der Waals surface area (Å²) in [7, 11) is 1.62. The first-order chi connectivity index (χ1) is 10.1. The predicted molar refractivity (Wildman–Crippen MR) is 85.6 cm³/mol. The minimum atomic E-state index is -0.552. The molecule has 0 aromatic heterocycles. The van der Waals surface area contributed by atoms with E-state index in [0.29, 0.717) is 6.42 Å². The van der Waals surface area contributed by atoms with Crippen molar-refractivity contribution in [1.82, 2.24) is 0 Å². The Labute approximate surface area is 126 Å². The zero-order chi connectivity index (χ0) is 15.7. The van der Waals surface area contributed by atoms with Gasteiger partial charge in [-0.25, -0.2) is 0 Å². The normalized spacial score (nSPS) is 13.5. The number of nitro groups is 1. The predicted octanol–water partition coefficient (Wildman–Crippen LogP) is 4.11. The van der Waals surface area contributed by atoms with Crippen LogP contribution in [0.2, 0.25) is 0 Å². The van der Waals surface area contributed by atoms with Crippen LogP contribution >= 0.6 is 0 Å². The van der Waals surface area contributed by atoms with Crippen LogP contribution in [0.3, 0.4) is 0 Å². The third-order valence-corrected chi connectivity index (χ3v) is 3.71. The maximum Gasteiger partial charge on any atom is 0.232 e. The Balaban J connectivity index is 2.76. The summed E-state index contributed by atoms with van der Waals surface area (Å²) in [6.07, 6.45) is 4.58. The number of methoxy groups -OCH3 is 1. The molecule has 0 spiro atoms. The second kappa shape index (κ2) is 9.21. The van der Waals surface area contributed by atoms with Gasteiger partial charge in [0.2, 0.25) is 6.04 Å². The number of ether oxygens (including phenoxy) is 1. The number of hydrogen-bond donors (Lipinski definition) is 1. The molecule has 0 aliphatic heterocycles. The Hall–Kier alpha value is -1.78. The van der Waals surface area contributed by atoms with Gasteiger partial charge < -0.3 is 10.1 Å². The van der Waals surface area contributed by atoms with E-state index >= 15 is 0 Å². The highest BCUT2D eigenvalue weighted by Crippen LogP contribution is 2.20. The Morgan fingerprint density at radius 1 is 1.24 bits per heavy atom. The molecule has 0 saturated carbocycles. The summed E-state index contributed by atoms with van der Waals surface area (Å²) in [5.41, 5.74) is 0.901. The SMILES string of the molecule is CCCCC[C@H](Nc1ccc(OC)cc1)[C@@H](CC)[N+](=O)[O-]. The first kappa shape index (κ1) is 17.3. The number of anilines is 1. The molecule has 2 atom stereocenters. The molecule has 1 aromatic carbocycles. The lowest BCUT2D eigenvalue weighted by Crippen LogP contribution is -2.39. The topological polar surface area (TPSA) is 64.4 Å². The highest BCUT2D eigenvalue weighted by atomic mass is 16.6. The molecule has 0 saturated heterocycles. The van der Waals surface area contributed by atoms with E-state index in [9.17, 15) is 10.1 Å². The summed E-state index contributed by atoms with van der Waals surface area (Å²) >= 11 is 0. The van der Waals surface area contributed by atoms with Crippen LogP contribution in [-0.4, -0.2) is 24.1 Å². The lowest BCUT2D eigenvalue weighted by Gasteiger charge is -2.22. The van der Waals surface area contributed by atoms with Crippen molar-refractivity contribution in [3.8, 4) is 5.75 Å². The minimum absolute atomic E-state index is 0.134. The van der Waals surface area contributed by atoms with Gasteiger partial charge in [0.05, 0.1) is 13.2 Å². The van der Waals surface area contributed by atoms with Crippen LogP contribution < -0.4 is 10.1 Å². The lowest BCUT2D eigenvalue weighted by atomic mass is 9.99. The third kappa shape index (κ3) is 5.61. The largest absolute Gasteiger partial charge is 0.497 e. The van der Waals surface area contributed by atoms with Crippen LogP contribution in [0.1, 0.15) is 46.0 Å². The monoisotopic (exact) mass is 294 g/mol. The van der Waals surface area contributed by atoms with Gasteiger partial charge in [0, 0.05) is 17.0 Å². The molecular weight excluding hydrogens is 268 g/mol. The van der Waals surface area contributed by atoms with Gasteiger partial charge in [-0.3, -0.25) is 10.1 Å². The van der Waals surface area contributed by atoms with Crippen molar-refractivity contribution in [3.05, 3.63) is 34.4 Å². The molecule has 0 aliphatic rings. The van der Waals surface area contributed by atoms with E-state index in [2.05, 4.69) is 12.2 Å². The summed E-state index contributed by atoms with van der Waals surface area (Å²) in [5.74, 6) is 0.782. The molecular formula is C16H26N2O3. The number of nitrogens with zero attached hydrogens (tertiary/aromatic N) is 1. The van der Waals surface area contributed by atoms with Crippen molar-refractivity contribution in [2.24, 2.45) is 0 Å². The first-order valence-electron chi connectivity index (χ1n) is 7.66. The molecule has 0 radical (unpaired) electrons. The lowest BCUT2D eigenvalue weighted by molar-refractivity contribution is -0.525. The first-order valence-corrected chi connectivity index (χ1v) is 7.66. The van der Waals surface area contributed by atoms with Gasteiger partial charge in [-0.1, -0.05) is 33.1 Å². The maximum atomic E-state index is 11.2. The zero-order valence-corrected chi connectivity index (χ0v) is 13.2. The molecule has 1 rings (SSSR count). The Kier molecular flexibility index (Phi) is 7.58. The summed E-state index contributed by atoms with van der Waals surface area (Å²) in [4.78, 5) is 11.1. The number of benzene rings is 1. The smallest absolute Gasteiger partial charge is 0.232 e. The van der Waals surface area contributed by atoms with Gasteiger partial charge in [0.15, 0.2) is 0 Å². The fourth-order valence-electron chi connectivity index (χ4n) is 2.46. The molecule has 5 nitrogen and oxygen atoms in total. The summed E-state index contributed by atoms with van der Waals surface area (Å²) in [5, 5.41) is 14.6. The number of unbranched alkanes of at least 4 members (excludes halogenated alkanes) is 2. The van der Waals surface area contributed by atoms with E-state index in [-0.39, 0.29) is 11.0 Å². The van der Waals surface area contributed by atoms with Crippen molar-refractivity contribution < 1.29 is 9.66 Å². The molecule has 0 amide bonds. The molecule has 1 aromatic rings. The molecule has 0 fully saturated rings. The van der Waals surface area contributed by atoms with Crippen LogP contribution in [0.4, 0.5) is 5.69 Å². The number of rotatable bonds is 10. The molecule has 1 N–H and O–H groups in total. The minimum Gasteiger partial charge on any atom is -0.497 e. The van der Waals surface area contributed by atoms with Gasteiger partial charge in [0.25, 0.3) is 0 Å². The maximum absolute atomic E-state index is 11.2. The van der Waals surface area contributed by atoms with Gasteiger partial charge in [-0.05, 0) is 30.7 Å². The van der Waals surface area contributed by atoms with Crippen molar-refractivity contribution in [1.29, 1.82) is 0 Å². The van der Waals surface area contributed by atoms with Gasteiger partial charge in [-0.2, -0.15) is 0 Å². The van der Waals surface area contributed by atoms with E-state index in [1.807, 2.05) is 31.2 Å². The third-order valence-electron chi connectivity index (χ3n) is 3.71. The van der Waals surface area contributed by atoms with Crippen LogP contribution in [0.25, 0.3) is 0 Å². The van der Waals surface area contributed by atoms with Crippen molar-refractivity contribution in [2.45, 2.75) is 58.0 Å². The van der Waals surface area contributed by atoms with Crippen LogP contribution in [0.5, 0.6) is 5.75 Å². The quantitative estimate of drug-likeness (QED) is 0.400. The summed E-state index contributed by atoms with van der Waals surface area (Å²) in [6, 6.07) is 6.84. The Morgan fingerprint density at radius 3 is 2.38 bits per heavy atom. The van der Waals surface area contributed by atoms with E-state index in [4.69, 9.17) is 4.74 Å². The fraction of sp³-hybridized carbons (Fsp3) is 0.625. The van der Waals surface area contributed by atoms with Crippen LogP contribution in [0, 0.1) is 10.1 Å². The number of hydrogen-bond acceptors (Lipinski definition) is 4. The molecule has 0 unspecified atom stereocenters. The highest BCUT2D eigenvalue weighted by molar-refractivity contribution is 5.47. The van der Waals surface area contributed by atoms with Crippen molar-refractivity contribution >= 4 is 5.69 Å². The molecule has 5 heteroatoms. The summed E-state index contributed by atoms with van der Waals surface area (Å²) in [6.45, 7) is 4.01. The standard InChI is InChI=1S/C16H26N2O3/c1-4-6-7-8-15(16(5-2)18(19)20)17-13-9-11-14(21-3)12-10-13/h9-12,15-17H,4-8H2,1-3H3/t15-,16+/m0/s1. The second-order valence-corrected chi connectivity index (χ2v) is 5.24. The molecule has 118 valence electrons. The van der Waals surface area contributed by atoms with Crippen LogP contribution in [0.15, 0.2) is 24.3 Å². The Bertz CT molecular complexity index is 420. The average molecular weight is 294 g/mol. The molecule has 0 aliphatic carbocycles. The molecule has 0 heterocycles. The van der Waals surface area contributed by atoms with E-state index in [0.717, 1.165) is 37.1 Å². The van der Waals surface area contributed by atoms with Crippen molar-refractivity contribution in [2.75, 3.05) is 12.4 Å². The average Bonchev–Trinajstić information content (AvgIpc) is 2.48. The van der Waals surface area contributed by atoms with Gasteiger partial charge in [0.1, 0.15) is 5.75 Å². The van der Waals surface area contributed by atoms with E-state index < -0.39 is 6.04 Å². The fourth-order valence-corrected chi connectivity index (χ4v) is 2.46. The Morgan fingerprint density at radius 2 is 1.90 bits per heavy atom. The summed E-state index contributed by atoms with van der Waals surface area (Å²) < 4.78 is 5.12. The molecule has 21 heavy (non-hydrogen) atoms. The van der Waals surface area contributed by atoms with Gasteiger partial charge in [-0.15, -0.1) is 0 Å². The van der Waals surface area contributed by atoms with E-state index in [1.54, 1.807) is 7.11 Å².